The zero-order valence-corrected chi connectivity index (χ0v) is 7.67. The van der Waals surface area contributed by atoms with E-state index in [0.29, 0.717) is 0 Å². The number of ether oxygens (including phenoxy) is 1. The molecule has 65 valence electrons. The maximum absolute atomic E-state index is 5.61. The van der Waals surface area contributed by atoms with Gasteiger partial charge in [-0.15, -0.1) is 0 Å². The largest absolute Gasteiger partial charge is 0.497 e. The number of benzene rings is 1. The summed E-state index contributed by atoms with van der Waals surface area (Å²) in [5.74, 6) is 0.759. The van der Waals surface area contributed by atoms with Crippen LogP contribution in [0.4, 0.5) is 0 Å². The van der Waals surface area contributed by atoms with Gasteiger partial charge in [-0.3, -0.25) is 0 Å². The molecule has 0 bridgehead atoms. The average Bonchev–Trinajstić information content (AvgIpc) is 2.17. The lowest BCUT2D eigenvalue weighted by molar-refractivity contribution is 0.415. The molecule has 0 N–H and O–H groups in total. The molecule has 0 aliphatic rings. The number of aromatic nitrogens is 2. The first-order valence-electron chi connectivity index (χ1n) is 3.68. The minimum atomic E-state index is 0.206. The molecule has 2 rings (SSSR count). The molecule has 13 heavy (non-hydrogen) atoms. The van der Waals surface area contributed by atoms with Gasteiger partial charge >= 0.3 is 0 Å². The van der Waals surface area contributed by atoms with Crippen molar-refractivity contribution in [1.82, 2.24) is 9.97 Å². The van der Waals surface area contributed by atoms with Gasteiger partial charge in [0.05, 0.1) is 12.6 Å². The van der Waals surface area contributed by atoms with E-state index in [1.54, 1.807) is 7.11 Å². The van der Waals surface area contributed by atoms with Crippen LogP contribution in [0.5, 0.6) is 5.75 Å². The Labute approximate surface area is 80.3 Å². The smallest absolute Gasteiger partial charge is 0.223 e. The van der Waals surface area contributed by atoms with Gasteiger partial charge in [0, 0.05) is 5.39 Å². The third-order valence-corrected chi connectivity index (χ3v) is 1.85. The second-order valence-corrected chi connectivity index (χ2v) is 2.83. The summed E-state index contributed by atoms with van der Waals surface area (Å²) in [6.07, 6.45) is 2.77. The fourth-order valence-electron chi connectivity index (χ4n) is 1.06. The molecule has 1 aromatic carbocycles. The number of nitrogens with zero attached hydrogens (tertiary/aromatic N) is 2. The van der Waals surface area contributed by atoms with E-state index < -0.39 is 0 Å². The predicted molar refractivity (Wildman–Crippen MR) is 49.9 cm³/mol. The number of methoxy groups -OCH3 is 1. The summed E-state index contributed by atoms with van der Waals surface area (Å²) in [7, 11) is 1.61. The highest BCUT2D eigenvalue weighted by Crippen LogP contribution is 2.18. The van der Waals surface area contributed by atoms with Gasteiger partial charge in [-0.2, -0.15) is 0 Å². The minimum absolute atomic E-state index is 0.206. The van der Waals surface area contributed by atoms with Crippen LogP contribution in [0.25, 0.3) is 10.9 Å². The molecule has 1 radical (unpaired) electrons. The number of hydrogen-bond donors (Lipinski definition) is 0. The molecule has 0 unspecified atom stereocenters. The van der Waals surface area contributed by atoms with Gasteiger partial charge in [0.2, 0.25) is 5.28 Å². The molecule has 1 heterocycles. The third kappa shape index (κ3) is 1.55. The Hall–Kier alpha value is -1.35. The van der Waals surface area contributed by atoms with Crippen LogP contribution in [0.15, 0.2) is 18.2 Å². The van der Waals surface area contributed by atoms with Crippen molar-refractivity contribution in [1.29, 1.82) is 0 Å². The first-order valence-corrected chi connectivity index (χ1v) is 4.06. The molecule has 2 aromatic rings. The molecule has 3 nitrogen and oxygen atoms in total. The van der Waals surface area contributed by atoms with Gasteiger partial charge in [-0.25, -0.2) is 9.97 Å². The van der Waals surface area contributed by atoms with Gasteiger partial charge in [0.25, 0.3) is 0 Å². The Bertz CT molecular complexity index is 445. The second kappa shape index (κ2) is 3.18. The second-order valence-electron chi connectivity index (χ2n) is 2.49. The van der Waals surface area contributed by atoms with Crippen molar-refractivity contribution in [2.24, 2.45) is 0 Å². The maximum atomic E-state index is 5.61. The van der Waals surface area contributed by atoms with Gasteiger partial charge in [-0.1, -0.05) is 0 Å². The first-order chi connectivity index (χ1) is 6.29. The molecule has 0 amide bonds. The molecule has 0 spiro atoms. The van der Waals surface area contributed by atoms with Crippen molar-refractivity contribution in [3.05, 3.63) is 29.7 Å². The molecule has 0 atom stereocenters. The Morgan fingerprint density at radius 2 is 2.31 bits per heavy atom. The van der Waals surface area contributed by atoms with Crippen LogP contribution in [0.2, 0.25) is 5.28 Å². The lowest BCUT2D eigenvalue weighted by Gasteiger charge is -2.00. The van der Waals surface area contributed by atoms with Crippen LogP contribution in [-0.4, -0.2) is 17.1 Å². The standard InChI is InChI=1S/C9H6ClN2O/c1-13-7-2-3-8-6(4-7)5-11-9(10)12-8/h2-4H,1H3. The van der Waals surface area contributed by atoms with E-state index in [1.165, 1.54) is 0 Å². The van der Waals surface area contributed by atoms with Gasteiger partial charge in [0.15, 0.2) is 0 Å². The summed E-state index contributed by atoms with van der Waals surface area (Å²) in [5.41, 5.74) is 0.765. The van der Waals surface area contributed by atoms with E-state index in [4.69, 9.17) is 16.3 Å². The molecule has 0 aliphatic heterocycles. The van der Waals surface area contributed by atoms with Crippen molar-refractivity contribution >= 4 is 22.5 Å². The summed E-state index contributed by atoms with van der Waals surface area (Å²) in [4.78, 5) is 7.78. The molecule has 4 heteroatoms. The highest BCUT2D eigenvalue weighted by Gasteiger charge is 1.99. The molecule has 1 aromatic heterocycles. The minimum Gasteiger partial charge on any atom is -0.497 e. The van der Waals surface area contributed by atoms with Crippen LogP contribution in [0.3, 0.4) is 0 Å². The van der Waals surface area contributed by atoms with E-state index in [9.17, 15) is 0 Å². The SMILES string of the molecule is COc1ccc2nc(Cl)n[c]c2c1. The van der Waals surface area contributed by atoms with E-state index >= 15 is 0 Å². The van der Waals surface area contributed by atoms with Crippen LogP contribution < -0.4 is 4.74 Å². The number of halogens is 1. The fourth-order valence-corrected chi connectivity index (χ4v) is 1.19. The average molecular weight is 194 g/mol. The Kier molecular flexibility index (Phi) is 2.02. The molecule has 0 saturated carbocycles. The quantitative estimate of drug-likeness (QED) is 0.651. The molecular weight excluding hydrogens is 188 g/mol. The molecular formula is C9H6ClN2O. The summed E-state index contributed by atoms with van der Waals surface area (Å²) in [5, 5.41) is 1.00. The zero-order chi connectivity index (χ0) is 9.26. The summed E-state index contributed by atoms with van der Waals surface area (Å²) in [6.45, 7) is 0. The van der Waals surface area contributed by atoms with E-state index in [1.807, 2.05) is 18.2 Å². The summed E-state index contributed by atoms with van der Waals surface area (Å²) >= 11 is 5.61. The number of rotatable bonds is 1. The number of fused-ring (bicyclic) bond motifs is 1. The topological polar surface area (TPSA) is 35.0 Å². The van der Waals surface area contributed by atoms with E-state index in [2.05, 4.69) is 16.2 Å². The monoisotopic (exact) mass is 193 g/mol. The highest BCUT2D eigenvalue weighted by atomic mass is 35.5. The van der Waals surface area contributed by atoms with Crippen molar-refractivity contribution in [3.8, 4) is 5.75 Å². The van der Waals surface area contributed by atoms with Crippen molar-refractivity contribution in [2.75, 3.05) is 7.11 Å². The van der Waals surface area contributed by atoms with Gasteiger partial charge < -0.3 is 4.74 Å². The highest BCUT2D eigenvalue weighted by molar-refractivity contribution is 6.28. The predicted octanol–water partition coefficient (Wildman–Crippen LogP) is 2.09. The summed E-state index contributed by atoms with van der Waals surface area (Å²) in [6, 6.07) is 5.45. The Morgan fingerprint density at radius 1 is 1.46 bits per heavy atom. The Morgan fingerprint density at radius 3 is 3.08 bits per heavy atom. The lowest BCUT2D eigenvalue weighted by Crippen LogP contribution is -1.86. The van der Waals surface area contributed by atoms with Crippen LogP contribution in [0.1, 0.15) is 0 Å². The van der Waals surface area contributed by atoms with Gasteiger partial charge in [-0.05, 0) is 29.8 Å². The van der Waals surface area contributed by atoms with Crippen molar-refractivity contribution in [2.45, 2.75) is 0 Å². The molecule has 0 saturated heterocycles. The lowest BCUT2D eigenvalue weighted by atomic mass is 10.2. The van der Waals surface area contributed by atoms with Crippen molar-refractivity contribution in [3.63, 3.8) is 0 Å². The Balaban J connectivity index is 2.66. The maximum Gasteiger partial charge on any atom is 0.223 e. The van der Waals surface area contributed by atoms with Crippen molar-refractivity contribution < 1.29 is 4.74 Å². The van der Waals surface area contributed by atoms with Gasteiger partial charge in [0.1, 0.15) is 11.9 Å². The summed E-state index contributed by atoms with van der Waals surface area (Å²) < 4.78 is 5.04. The van der Waals surface area contributed by atoms with E-state index in [-0.39, 0.29) is 5.28 Å². The molecule has 0 aliphatic carbocycles. The van der Waals surface area contributed by atoms with Crippen LogP contribution in [0, 0.1) is 6.20 Å². The van der Waals surface area contributed by atoms with E-state index in [0.717, 1.165) is 16.7 Å². The third-order valence-electron chi connectivity index (χ3n) is 1.69. The zero-order valence-electron chi connectivity index (χ0n) is 6.91. The first kappa shape index (κ1) is 8.26. The molecule has 0 fully saturated rings. The van der Waals surface area contributed by atoms with Crippen LogP contribution in [-0.2, 0) is 0 Å². The normalized spacial score (nSPS) is 10.3. The van der Waals surface area contributed by atoms with Crippen LogP contribution >= 0.6 is 11.6 Å². The fraction of sp³-hybridized carbons (Fsp3) is 0.111. The number of hydrogen-bond acceptors (Lipinski definition) is 3.